The molecule has 0 aliphatic carbocycles. The van der Waals surface area contributed by atoms with E-state index >= 15 is 0 Å². The van der Waals surface area contributed by atoms with E-state index in [1.807, 2.05) is 23.0 Å². The maximum atomic E-state index is 5.29. The maximum absolute atomic E-state index is 5.29. The van der Waals surface area contributed by atoms with Gasteiger partial charge >= 0.3 is 0 Å². The molecule has 0 aliphatic rings. The third-order valence-corrected chi connectivity index (χ3v) is 3.24. The Morgan fingerprint density at radius 1 is 1.41 bits per heavy atom. The third-order valence-electron chi connectivity index (χ3n) is 3.24. The molecule has 2 heterocycles. The van der Waals surface area contributed by atoms with Crippen LogP contribution in [0.2, 0.25) is 0 Å². The van der Waals surface area contributed by atoms with Crippen molar-refractivity contribution < 1.29 is 4.52 Å². The average molecular weight is 304 g/mol. The van der Waals surface area contributed by atoms with Gasteiger partial charge in [-0.05, 0) is 18.4 Å². The monoisotopic (exact) mass is 304 g/mol. The Labute approximate surface area is 130 Å². The molecule has 0 amide bonds. The largest absolute Gasteiger partial charge is 0.359 e. The smallest absolute Gasteiger partial charge is 0.191 e. The number of aliphatic imine (C=N–C) groups is 1. The predicted molar refractivity (Wildman–Crippen MR) is 85.6 cm³/mol. The van der Waals surface area contributed by atoms with Crippen molar-refractivity contribution in [2.24, 2.45) is 4.99 Å². The third kappa shape index (κ3) is 4.91. The zero-order valence-electron chi connectivity index (χ0n) is 13.4. The summed E-state index contributed by atoms with van der Waals surface area (Å²) < 4.78 is 7.21. The van der Waals surface area contributed by atoms with Crippen LogP contribution in [0.5, 0.6) is 0 Å². The second kappa shape index (κ2) is 8.21. The van der Waals surface area contributed by atoms with Crippen molar-refractivity contribution in [1.29, 1.82) is 0 Å². The number of guanidine groups is 1. The van der Waals surface area contributed by atoms with Gasteiger partial charge in [-0.1, -0.05) is 19.0 Å². The summed E-state index contributed by atoms with van der Waals surface area (Å²) in [5, 5.41) is 14.7. The Bertz CT molecular complexity index is 573. The quantitative estimate of drug-likeness (QED) is 0.463. The lowest BCUT2D eigenvalue weighted by molar-refractivity contribution is 0.372. The van der Waals surface area contributed by atoms with Crippen molar-refractivity contribution in [3.8, 4) is 0 Å². The molecule has 7 heteroatoms. The molecule has 0 radical (unpaired) electrons. The Morgan fingerprint density at radius 2 is 2.27 bits per heavy atom. The normalized spacial score (nSPS) is 11.9. The van der Waals surface area contributed by atoms with E-state index < -0.39 is 0 Å². The van der Waals surface area contributed by atoms with Crippen molar-refractivity contribution in [1.82, 2.24) is 25.6 Å². The number of rotatable bonds is 7. The molecule has 0 fully saturated rings. The molecular formula is C15H24N6O. The summed E-state index contributed by atoms with van der Waals surface area (Å²) in [6.45, 7) is 6.47. The van der Waals surface area contributed by atoms with Crippen LogP contribution in [0.1, 0.15) is 37.6 Å². The van der Waals surface area contributed by atoms with Crippen LogP contribution in [0.3, 0.4) is 0 Å². The van der Waals surface area contributed by atoms with Gasteiger partial charge in [0.1, 0.15) is 0 Å². The molecule has 0 aliphatic heterocycles. The van der Waals surface area contributed by atoms with Gasteiger partial charge in [0, 0.05) is 38.6 Å². The second-order valence-electron chi connectivity index (χ2n) is 5.35. The van der Waals surface area contributed by atoms with E-state index in [0.717, 1.165) is 36.9 Å². The summed E-state index contributed by atoms with van der Waals surface area (Å²) >= 11 is 0. The summed E-state index contributed by atoms with van der Waals surface area (Å²) in [6, 6.07) is 3.90. The van der Waals surface area contributed by atoms with Crippen LogP contribution < -0.4 is 10.6 Å². The Hall–Kier alpha value is -2.31. The second-order valence-corrected chi connectivity index (χ2v) is 5.35. The van der Waals surface area contributed by atoms with E-state index in [2.05, 4.69) is 39.7 Å². The Balaban J connectivity index is 1.68. The van der Waals surface area contributed by atoms with Crippen LogP contribution in [0.4, 0.5) is 0 Å². The summed E-state index contributed by atoms with van der Waals surface area (Å²) in [5.74, 6) is 1.93. The van der Waals surface area contributed by atoms with Gasteiger partial charge in [0.15, 0.2) is 11.7 Å². The molecule has 0 aromatic carbocycles. The van der Waals surface area contributed by atoms with Crippen molar-refractivity contribution in [3.63, 3.8) is 0 Å². The van der Waals surface area contributed by atoms with Gasteiger partial charge in [0.2, 0.25) is 0 Å². The highest BCUT2D eigenvalue weighted by Crippen LogP contribution is 2.13. The first-order valence-corrected chi connectivity index (χ1v) is 7.56. The molecule has 0 bridgehead atoms. The minimum absolute atomic E-state index is 0.372. The summed E-state index contributed by atoms with van der Waals surface area (Å²) in [7, 11) is 1.75. The van der Waals surface area contributed by atoms with Gasteiger partial charge in [0.25, 0.3) is 0 Å². The van der Waals surface area contributed by atoms with Gasteiger partial charge in [-0.15, -0.1) is 0 Å². The molecule has 0 saturated heterocycles. The fraction of sp³-hybridized carbons (Fsp3) is 0.533. The van der Waals surface area contributed by atoms with Crippen LogP contribution in [0.25, 0.3) is 0 Å². The first kappa shape index (κ1) is 16.1. The lowest BCUT2D eigenvalue weighted by Crippen LogP contribution is -2.37. The summed E-state index contributed by atoms with van der Waals surface area (Å²) in [6.07, 6.45) is 4.72. The molecule has 7 nitrogen and oxygen atoms in total. The molecule has 2 aromatic rings. The molecule has 0 atom stereocenters. The zero-order valence-corrected chi connectivity index (χ0v) is 13.4. The Morgan fingerprint density at radius 3 is 2.91 bits per heavy atom. The number of nitrogens with one attached hydrogen (secondary N) is 2. The highest BCUT2D eigenvalue weighted by molar-refractivity contribution is 5.79. The van der Waals surface area contributed by atoms with Crippen LogP contribution >= 0.6 is 0 Å². The van der Waals surface area contributed by atoms with Gasteiger partial charge in [-0.2, -0.15) is 5.10 Å². The molecule has 0 saturated carbocycles. The Kier molecular flexibility index (Phi) is 6.00. The van der Waals surface area contributed by atoms with Crippen LogP contribution in [-0.4, -0.2) is 34.5 Å². The first-order valence-electron chi connectivity index (χ1n) is 7.56. The van der Waals surface area contributed by atoms with Gasteiger partial charge in [-0.25, -0.2) is 0 Å². The molecule has 0 unspecified atom stereocenters. The van der Waals surface area contributed by atoms with Gasteiger partial charge in [0.05, 0.1) is 12.2 Å². The van der Waals surface area contributed by atoms with Gasteiger partial charge < -0.3 is 15.2 Å². The fourth-order valence-electron chi connectivity index (χ4n) is 1.96. The number of hydrogen-bond donors (Lipinski definition) is 2. The molecule has 2 aromatic heterocycles. The van der Waals surface area contributed by atoms with Crippen molar-refractivity contribution >= 4 is 5.96 Å². The number of aromatic nitrogens is 3. The van der Waals surface area contributed by atoms with E-state index in [-0.39, 0.29) is 0 Å². The summed E-state index contributed by atoms with van der Waals surface area (Å²) in [5.41, 5.74) is 0.971. The standard InChI is InChI=1S/C15H24N6O/c1-12(2)14-10-13(22-20-14)11-18-15(16-3)17-6-4-8-21-9-5-7-19-21/h5,7,9-10,12H,4,6,8,11H2,1-3H3,(H2,16,17,18). The van der Waals surface area contributed by atoms with E-state index in [9.17, 15) is 0 Å². The SMILES string of the molecule is CN=C(NCCCn1cccn1)NCc1cc(C(C)C)no1. The minimum Gasteiger partial charge on any atom is -0.359 e. The predicted octanol–water partition coefficient (Wildman–Crippen LogP) is 1.75. The van der Waals surface area contributed by atoms with Gasteiger partial charge in [-0.3, -0.25) is 9.67 Å². The topological polar surface area (TPSA) is 80.3 Å². The minimum atomic E-state index is 0.372. The van der Waals surface area contributed by atoms with E-state index in [4.69, 9.17) is 4.52 Å². The van der Waals surface area contributed by atoms with Crippen molar-refractivity contribution in [2.75, 3.05) is 13.6 Å². The van der Waals surface area contributed by atoms with Crippen LogP contribution in [-0.2, 0) is 13.1 Å². The summed E-state index contributed by atoms with van der Waals surface area (Å²) in [4.78, 5) is 4.19. The molecule has 2 N–H and O–H groups in total. The number of hydrogen-bond acceptors (Lipinski definition) is 4. The fourth-order valence-corrected chi connectivity index (χ4v) is 1.96. The van der Waals surface area contributed by atoms with E-state index in [1.165, 1.54) is 0 Å². The van der Waals surface area contributed by atoms with Crippen LogP contribution in [0, 0.1) is 0 Å². The van der Waals surface area contributed by atoms with Crippen molar-refractivity contribution in [3.05, 3.63) is 36.0 Å². The first-order chi connectivity index (χ1) is 10.7. The number of nitrogens with zero attached hydrogens (tertiary/aromatic N) is 4. The molecular weight excluding hydrogens is 280 g/mol. The lowest BCUT2D eigenvalue weighted by atomic mass is 10.1. The maximum Gasteiger partial charge on any atom is 0.191 e. The molecule has 120 valence electrons. The highest BCUT2D eigenvalue weighted by Gasteiger charge is 2.07. The number of aryl methyl sites for hydroxylation is 1. The molecule has 0 spiro atoms. The average Bonchev–Trinajstić information content (AvgIpc) is 3.18. The van der Waals surface area contributed by atoms with Crippen molar-refractivity contribution in [2.45, 2.75) is 39.3 Å². The van der Waals surface area contributed by atoms with E-state index in [0.29, 0.717) is 12.5 Å². The molecule has 2 rings (SSSR count). The zero-order chi connectivity index (χ0) is 15.8. The lowest BCUT2D eigenvalue weighted by Gasteiger charge is -2.10. The van der Waals surface area contributed by atoms with Crippen LogP contribution in [0.15, 0.2) is 34.0 Å². The molecule has 22 heavy (non-hydrogen) atoms. The highest BCUT2D eigenvalue weighted by atomic mass is 16.5. The van der Waals surface area contributed by atoms with E-state index in [1.54, 1.807) is 13.2 Å².